The van der Waals surface area contributed by atoms with E-state index < -0.39 is 5.97 Å². The molecule has 0 aliphatic heterocycles. The minimum absolute atomic E-state index is 0.139. The number of carboxylic acid groups (broad SMARTS) is 1. The van der Waals surface area contributed by atoms with Crippen LogP contribution in [0.15, 0.2) is 42.5 Å². The van der Waals surface area contributed by atoms with Gasteiger partial charge in [0.15, 0.2) is 0 Å². The van der Waals surface area contributed by atoms with Gasteiger partial charge in [0.1, 0.15) is 11.3 Å². The first-order valence-electron chi connectivity index (χ1n) is 6.06. The first-order valence-corrected chi connectivity index (χ1v) is 6.44. The van der Waals surface area contributed by atoms with E-state index >= 15 is 0 Å². The molecule has 2 aromatic rings. The van der Waals surface area contributed by atoms with E-state index in [1.54, 1.807) is 24.3 Å². The van der Waals surface area contributed by atoms with E-state index in [4.69, 9.17) is 16.7 Å². The minimum Gasteiger partial charge on any atom is -0.507 e. The molecular weight excluding hydrogens is 294 g/mol. The number of anilines is 1. The lowest BCUT2D eigenvalue weighted by Gasteiger charge is -2.07. The summed E-state index contributed by atoms with van der Waals surface area (Å²) in [6.07, 6.45) is 0.139. The van der Waals surface area contributed by atoms with Crippen molar-refractivity contribution in [1.29, 1.82) is 0 Å². The molecule has 0 saturated heterocycles. The second kappa shape index (κ2) is 6.28. The van der Waals surface area contributed by atoms with Gasteiger partial charge >= 0.3 is 5.97 Å². The van der Waals surface area contributed by atoms with Gasteiger partial charge in [-0.05, 0) is 35.9 Å². The molecule has 0 unspecified atom stereocenters. The largest absolute Gasteiger partial charge is 0.507 e. The molecule has 2 rings (SSSR count). The van der Waals surface area contributed by atoms with Gasteiger partial charge in [-0.25, -0.2) is 4.79 Å². The van der Waals surface area contributed by atoms with Crippen LogP contribution in [0, 0.1) is 0 Å². The van der Waals surface area contributed by atoms with E-state index in [-0.39, 0.29) is 23.6 Å². The molecule has 0 heterocycles. The number of benzene rings is 2. The maximum atomic E-state index is 11.9. The molecule has 0 atom stereocenters. The molecule has 0 aliphatic carbocycles. The van der Waals surface area contributed by atoms with Crippen molar-refractivity contribution in [2.45, 2.75) is 6.42 Å². The predicted octanol–water partition coefficient (Wildman–Crippen LogP) is 2.93. The smallest absolute Gasteiger partial charge is 0.339 e. The number of hydrogen-bond acceptors (Lipinski definition) is 3. The monoisotopic (exact) mass is 305 g/mol. The quantitative estimate of drug-likeness (QED) is 0.758. The van der Waals surface area contributed by atoms with E-state index in [9.17, 15) is 14.7 Å². The summed E-state index contributed by atoms with van der Waals surface area (Å²) in [7, 11) is 0. The first kappa shape index (κ1) is 14.9. The number of halogens is 1. The predicted molar refractivity (Wildman–Crippen MR) is 78.9 cm³/mol. The lowest BCUT2D eigenvalue weighted by atomic mass is 10.1. The van der Waals surface area contributed by atoms with Crippen molar-refractivity contribution in [3.63, 3.8) is 0 Å². The Morgan fingerprint density at radius 2 is 1.76 bits per heavy atom. The van der Waals surface area contributed by atoms with E-state index in [1.165, 1.54) is 18.2 Å². The highest BCUT2D eigenvalue weighted by Gasteiger charge is 2.11. The number of carbonyl (C=O) groups is 2. The van der Waals surface area contributed by atoms with Crippen LogP contribution in [0.1, 0.15) is 15.9 Å². The highest BCUT2D eigenvalue weighted by atomic mass is 35.5. The van der Waals surface area contributed by atoms with Gasteiger partial charge < -0.3 is 15.5 Å². The van der Waals surface area contributed by atoms with Crippen molar-refractivity contribution in [2.75, 3.05) is 5.32 Å². The van der Waals surface area contributed by atoms with Crippen LogP contribution < -0.4 is 5.32 Å². The minimum atomic E-state index is -1.26. The third-order valence-corrected chi connectivity index (χ3v) is 3.04. The van der Waals surface area contributed by atoms with E-state index in [1.807, 2.05) is 0 Å². The van der Waals surface area contributed by atoms with E-state index in [2.05, 4.69) is 5.32 Å². The molecule has 0 aromatic heterocycles. The number of carboxylic acids is 1. The van der Waals surface area contributed by atoms with Crippen molar-refractivity contribution >= 4 is 29.2 Å². The van der Waals surface area contributed by atoms with Crippen LogP contribution in [0.4, 0.5) is 5.69 Å². The molecule has 2 aromatic carbocycles. The molecule has 6 heteroatoms. The fourth-order valence-corrected chi connectivity index (χ4v) is 1.90. The molecule has 0 saturated carbocycles. The molecule has 108 valence electrons. The third-order valence-electron chi connectivity index (χ3n) is 2.79. The molecule has 1 amide bonds. The number of carbonyl (C=O) groups excluding carboxylic acids is 1. The Hall–Kier alpha value is -2.53. The molecule has 0 spiro atoms. The zero-order chi connectivity index (χ0) is 15.4. The van der Waals surface area contributed by atoms with Crippen molar-refractivity contribution in [2.24, 2.45) is 0 Å². The molecule has 5 nitrogen and oxygen atoms in total. The van der Waals surface area contributed by atoms with Crippen molar-refractivity contribution in [3.05, 3.63) is 58.6 Å². The Balaban J connectivity index is 2.07. The summed E-state index contributed by atoms with van der Waals surface area (Å²) in [5.74, 6) is -1.90. The fraction of sp³-hybridized carbons (Fsp3) is 0.0667. The summed E-state index contributed by atoms with van der Waals surface area (Å²) in [6, 6.07) is 10.7. The number of aromatic carboxylic acids is 1. The number of aromatic hydroxyl groups is 1. The van der Waals surface area contributed by atoms with Crippen LogP contribution >= 0.6 is 11.6 Å². The lowest BCUT2D eigenvalue weighted by molar-refractivity contribution is -0.115. The van der Waals surface area contributed by atoms with Crippen LogP contribution in [0.5, 0.6) is 5.75 Å². The van der Waals surface area contributed by atoms with Crippen molar-refractivity contribution in [1.82, 2.24) is 0 Å². The van der Waals surface area contributed by atoms with Gasteiger partial charge in [-0.1, -0.05) is 23.7 Å². The number of nitrogens with one attached hydrogen (secondary N) is 1. The Morgan fingerprint density at radius 3 is 2.38 bits per heavy atom. The molecular formula is C15H12ClNO4. The topological polar surface area (TPSA) is 86.6 Å². The summed E-state index contributed by atoms with van der Waals surface area (Å²) in [6.45, 7) is 0. The Morgan fingerprint density at radius 1 is 1.10 bits per heavy atom. The Bertz CT molecular complexity index is 683. The van der Waals surface area contributed by atoms with Gasteiger partial charge in [0.2, 0.25) is 5.91 Å². The van der Waals surface area contributed by atoms with Gasteiger partial charge in [0.25, 0.3) is 0 Å². The van der Waals surface area contributed by atoms with Crippen molar-refractivity contribution in [3.8, 4) is 5.75 Å². The van der Waals surface area contributed by atoms with Gasteiger partial charge in [-0.15, -0.1) is 0 Å². The highest BCUT2D eigenvalue weighted by molar-refractivity contribution is 6.30. The number of hydrogen-bond donors (Lipinski definition) is 3. The standard InChI is InChI=1S/C15H12ClNO4/c16-10-3-1-9(2-4-10)7-14(19)17-11-5-6-13(18)12(8-11)15(20)21/h1-6,8,18H,7H2,(H,17,19)(H,20,21). The second-order valence-electron chi connectivity index (χ2n) is 4.39. The van der Waals surface area contributed by atoms with E-state index in [0.29, 0.717) is 10.7 Å². The molecule has 21 heavy (non-hydrogen) atoms. The lowest BCUT2D eigenvalue weighted by Crippen LogP contribution is -2.14. The van der Waals surface area contributed by atoms with Crippen LogP contribution in [0.3, 0.4) is 0 Å². The SMILES string of the molecule is O=C(Cc1ccc(Cl)cc1)Nc1ccc(O)c(C(=O)O)c1. The summed E-state index contributed by atoms with van der Waals surface area (Å²) in [4.78, 5) is 22.8. The zero-order valence-electron chi connectivity index (χ0n) is 10.8. The second-order valence-corrected chi connectivity index (χ2v) is 4.82. The number of rotatable bonds is 4. The Labute approximate surface area is 125 Å². The molecule has 0 aliphatic rings. The molecule has 0 bridgehead atoms. The Kier molecular flexibility index (Phi) is 4.45. The average Bonchev–Trinajstić information content (AvgIpc) is 2.43. The van der Waals surface area contributed by atoms with Crippen molar-refractivity contribution < 1.29 is 19.8 Å². The van der Waals surface area contributed by atoms with Gasteiger partial charge in [-0.3, -0.25) is 4.79 Å². The maximum Gasteiger partial charge on any atom is 0.339 e. The van der Waals surface area contributed by atoms with Crippen LogP contribution in [0.2, 0.25) is 5.02 Å². The summed E-state index contributed by atoms with van der Waals surface area (Å²) in [5.41, 5.74) is 0.831. The molecule has 0 fully saturated rings. The van der Waals surface area contributed by atoms with Crippen LogP contribution in [0.25, 0.3) is 0 Å². The van der Waals surface area contributed by atoms with Crippen LogP contribution in [-0.4, -0.2) is 22.1 Å². The number of amides is 1. The van der Waals surface area contributed by atoms with Gasteiger partial charge in [0, 0.05) is 10.7 Å². The summed E-state index contributed by atoms with van der Waals surface area (Å²) in [5, 5.41) is 21.5. The first-order chi connectivity index (χ1) is 9.95. The van der Waals surface area contributed by atoms with Gasteiger partial charge in [-0.2, -0.15) is 0 Å². The van der Waals surface area contributed by atoms with Gasteiger partial charge in [0.05, 0.1) is 6.42 Å². The fourth-order valence-electron chi connectivity index (χ4n) is 1.78. The summed E-state index contributed by atoms with van der Waals surface area (Å²) >= 11 is 5.76. The highest BCUT2D eigenvalue weighted by Crippen LogP contribution is 2.21. The third kappa shape index (κ3) is 3.97. The molecule has 0 radical (unpaired) electrons. The normalized spacial score (nSPS) is 10.1. The van der Waals surface area contributed by atoms with Crippen LogP contribution in [-0.2, 0) is 11.2 Å². The number of phenols is 1. The maximum absolute atomic E-state index is 11.9. The zero-order valence-corrected chi connectivity index (χ0v) is 11.6. The van der Waals surface area contributed by atoms with E-state index in [0.717, 1.165) is 5.56 Å². The molecule has 3 N–H and O–H groups in total. The average molecular weight is 306 g/mol. The summed E-state index contributed by atoms with van der Waals surface area (Å²) < 4.78 is 0.